The number of hydrogen-bond donors (Lipinski definition) is 3. The fourth-order valence-corrected chi connectivity index (χ4v) is 2.85. The van der Waals surface area contributed by atoms with Gasteiger partial charge in [0.05, 0.1) is 6.10 Å². The Hall–Kier alpha value is -1.48. The van der Waals surface area contributed by atoms with E-state index in [2.05, 4.69) is 19.9 Å². The van der Waals surface area contributed by atoms with Gasteiger partial charge in [-0.15, -0.1) is 0 Å². The Morgan fingerprint density at radius 1 is 1.26 bits per heavy atom. The van der Waals surface area contributed by atoms with E-state index in [-0.39, 0.29) is 17.4 Å². The van der Waals surface area contributed by atoms with Crippen LogP contribution < -0.4 is 0 Å². The van der Waals surface area contributed by atoms with Crippen molar-refractivity contribution in [1.29, 1.82) is 0 Å². The SMILES string of the molecule is CC(C)=CCC[C@H]1CCc2c(O)ccc(O)c2[C@H]1O. The summed E-state index contributed by atoms with van der Waals surface area (Å²) in [6.45, 7) is 4.13. The van der Waals surface area contributed by atoms with E-state index < -0.39 is 6.10 Å². The van der Waals surface area contributed by atoms with Crippen molar-refractivity contribution >= 4 is 0 Å². The summed E-state index contributed by atoms with van der Waals surface area (Å²) in [5.41, 5.74) is 2.51. The molecule has 19 heavy (non-hydrogen) atoms. The van der Waals surface area contributed by atoms with Crippen molar-refractivity contribution in [2.24, 2.45) is 5.92 Å². The lowest BCUT2D eigenvalue weighted by atomic mass is 9.78. The predicted octanol–water partition coefficient (Wildman–Crippen LogP) is 3.44. The fraction of sp³-hybridized carbons (Fsp3) is 0.500. The highest BCUT2D eigenvalue weighted by molar-refractivity contribution is 5.50. The van der Waals surface area contributed by atoms with E-state index in [1.807, 2.05) is 0 Å². The second kappa shape index (κ2) is 5.66. The predicted molar refractivity (Wildman–Crippen MR) is 75.2 cm³/mol. The molecule has 0 amide bonds. The lowest BCUT2D eigenvalue weighted by Crippen LogP contribution is -2.20. The lowest BCUT2D eigenvalue weighted by Gasteiger charge is -2.30. The summed E-state index contributed by atoms with van der Waals surface area (Å²) < 4.78 is 0. The van der Waals surface area contributed by atoms with Gasteiger partial charge in [0.25, 0.3) is 0 Å². The molecule has 0 saturated carbocycles. The molecule has 0 aromatic heterocycles. The highest BCUT2D eigenvalue weighted by Gasteiger charge is 2.31. The number of phenolic OH excluding ortho intramolecular Hbond substituents is 2. The molecule has 0 fully saturated rings. The van der Waals surface area contributed by atoms with E-state index in [0.29, 0.717) is 17.5 Å². The summed E-state index contributed by atoms with van der Waals surface area (Å²) in [7, 11) is 0. The van der Waals surface area contributed by atoms with Crippen LogP contribution >= 0.6 is 0 Å². The Balaban J connectivity index is 2.17. The number of rotatable bonds is 3. The third-order valence-electron chi connectivity index (χ3n) is 3.91. The zero-order valence-electron chi connectivity index (χ0n) is 11.6. The van der Waals surface area contributed by atoms with E-state index >= 15 is 0 Å². The molecule has 0 aliphatic heterocycles. The zero-order valence-corrected chi connectivity index (χ0v) is 11.6. The Bertz CT molecular complexity index is 487. The number of hydrogen-bond acceptors (Lipinski definition) is 3. The molecular formula is C16H22O3. The van der Waals surface area contributed by atoms with Gasteiger partial charge in [0, 0.05) is 11.1 Å². The van der Waals surface area contributed by atoms with E-state index in [9.17, 15) is 15.3 Å². The maximum absolute atomic E-state index is 10.4. The van der Waals surface area contributed by atoms with Gasteiger partial charge < -0.3 is 15.3 Å². The maximum Gasteiger partial charge on any atom is 0.121 e. The Morgan fingerprint density at radius 3 is 2.63 bits per heavy atom. The van der Waals surface area contributed by atoms with Gasteiger partial charge in [-0.1, -0.05) is 11.6 Å². The van der Waals surface area contributed by atoms with Crippen LogP contribution in [0.1, 0.15) is 50.3 Å². The quantitative estimate of drug-likeness (QED) is 0.577. The topological polar surface area (TPSA) is 60.7 Å². The van der Waals surface area contributed by atoms with E-state index in [1.54, 1.807) is 0 Å². The summed E-state index contributed by atoms with van der Waals surface area (Å²) in [6.07, 6.45) is 4.90. The average Bonchev–Trinajstić information content (AvgIpc) is 2.35. The van der Waals surface area contributed by atoms with Crippen LogP contribution in [0.3, 0.4) is 0 Å². The number of aromatic hydroxyl groups is 2. The van der Waals surface area contributed by atoms with Crippen LogP contribution in [-0.2, 0) is 6.42 Å². The number of phenols is 2. The smallest absolute Gasteiger partial charge is 0.121 e. The highest BCUT2D eigenvalue weighted by Crippen LogP contribution is 2.44. The van der Waals surface area contributed by atoms with Crippen molar-refractivity contribution in [2.45, 2.75) is 45.6 Å². The number of fused-ring (bicyclic) bond motifs is 1. The van der Waals surface area contributed by atoms with Crippen LogP contribution in [0.25, 0.3) is 0 Å². The molecule has 2 rings (SSSR count). The molecular weight excluding hydrogens is 240 g/mol. The average molecular weight is 262 g/mol. The molecule has 3 nitrogen and oxygen atoms in total. The first-order valence-electron chi connectivity index (χ1n) is 6.86. The lowest BCUT2D eigenvalue weighted by molar-refractivity contribution is 0.0857. The molecule has 0 radical (unpaired) electrons. The van der Waals surface area contributed by atoms with Crippen LogP contribution in [0.2, 0.25) is 0 Å². The second-order valence-corrected chi connectivity index (χ2v) is 5.60. The standard InChI is InChI=1S/C16H22O3/c1-10(2)4-3-5-11-6-7-12-13(17)8-9-14(18)15(12)16(11)19/h4,8-9,11,16-19H,3,5-7H2,1-2H3/t11-,16-/m0/s1. The number of aliphatic hydroxyl groups excluding tert-OH is 1. The monoisotopic (exact) mass is 262 g/mol. The van der Waals surface area contributed by atoms with Crippen molar-refractivity contribution in [3.63, 3.8) is 0 Å². The van der Waals surface area contributed by atoms with Crippen LogP contribution in [-0.4, -0.2) is 15.3 Å². The normalized spacial score (nSPS) is 21.8. The minimum Gasteiger partial charge on any atom is -0.508 e. The van der Waals surface area contributed by atoms with Gasteiger partial charge in [0.1, 0.15) is 11.5 Å². The van der Waals surface area contributed by atoms with Crippen molar-refractivity contribution in [3.8, 4) is 11.5 Å². The van der Waals surface area contributed by atoms with E-state index in [1.165, 1.54) is 17.7 Å². The second-order valence-electron chi connectivity index (χ2n) is 5.60. The molecule has 104 valence electrons. The van der Waals surface area contributed by atoms with Crippen molar-refractivity contribution in [1.82, 2.24) is 0 Å². The number of benzene rings is 1. The van der Waals surface area contributed by atoms with Gasteiger partial charge in [-0.25, -0.2) is 0 Å². The maximum atomic E-state index is 10.4. The molecule has 0 bridgehead atoms. The van der Waals surface area contributed by atoms with Crippen molar-refractivity contribution in [3.05, 3.63) is 34.9 Å². The Labute approximate surface area is 114 Å². The first-order chi connectivity index (χ1) is 9.00. The third-order valence-corrected chi connectivity index (χ3v) is 3.91. The van der Waals surface area contributed by atoms with Crippen LogP contribution in [0.5, 0.6) is 11.5 Å². The molecule has 2 atom stereocenters. The van der Waals surface area contributed by atoms with Gasteiger partial charge in [0.2, 0.25) is 0 Å². The van der Waals surface area contributed by atoms with Crippen molar-refractivity contribution < 1.29 is 15.3 Å². The Morgan fingerprint density at radius 2 is 1.95 bits per heavy atom. The fourth-order valence-electron chi connectivity index (χ4n) is 2.85. The van der Waals surface area contributed by atoms with Crippen LogP contribution in [0, 0.1) is 5.92 Å². The van der Waals surface area contributed by atoms with Crippen LogP contribution in [0.4, 0.5) is 0 Å². The molecule has 1 aliphatic carbocycles. The molecule has 1 aromatic carbocycles. The van der Waals surface area contributed by atoms with Gasteiger partial charge in [-0.2, -0.15) is 0 Å². The van der Waals surface area contributed by atoms with E-state index in [0.717, 1.165) is 19.3 Å². The summed E-state index contributed by atoms with van der Waals surface area (Å²) >= 11 is 0. The molecule has 1 aliphatic rings. The molecule has 0 heterocycles. The molecule has 0 saturated heterocycles. The molecule has 3 N–H and O–H groups in total. The molecule has 0 spiro atoms. The number of aliphatic hydroxyl groups is 1. The summed E-state index contributed by atoms with van der Waals surface area (Å²) in [6, 6.07) is 2.94. The zero-order chi connectivity index (χ0) is 14.0. The minimum atomic E-state index is -0.679. The first kappa shape index (κ1) is 13.9. The minimum absolute atomic E-state index is 0.0900. The Kier molecular flexibility index (Phi) is 4.15. The van der Waals surface area contributed by atoms with Gasteiger partial charge >= 0.3 is 0 Å². The molecule has 3 heteroatoms. The highest BCUT2D eigenvalue weighted by atomic mass is 16.3. The molecule has 0 unspecified atom stereocenters. The number of allylic oxidation sites excluding steroid dienone is 2. The molecule has 1 aromatic rings. The summed E-state index contributed by atoms with van der Waals surface area (Å²) in [4.78, 5) is 0. The van der Waals surface area contributed by atoms with Gasteiger partial charge in [0.15, 0.2) is 0 Å². The first-order valence-corrected chi connectivity index (χ1v) is 6.86. The van der Waals surface area contributed by atoms with Gasteiger partial charge in [-0.05, 0) is 57.6 Å². The third kappa shape index (κ3) is 2.92. The summed E-state index contributed by atoms with van der Waals surface area (Å²) in [5.74, 6) is 0.414. The van der Waals surface area contributed by atoms with Crippen LogP contribution in [0.15, 0.2) is 23.8 Å². The van der Waals surface area contributed by atoms with Gasteiger partial charge in [-0.3, -0.25) is 0 Å². The largest absolute Gasteiger partial charge is 0.508 e. The van der Waals surface area contributed by atoms with E-state index in [4.69, 9.17) is 0 Å². The summed E-state index contributed by atoms with van der Waals surface area (Å²) in [5, 5.41) is 30.1. The van der Waals surface area contributed by atoms with Crippen molar-refractivity contribution in [2.75, 3.05) is 0 Å².